The number of aryl methyl sites for hydroxylation is 1. The average Bonchev–Trinajstić information content (AvgIpc) is 3.25. The highest BCUT2D eigenvalue weighted by atomic mass is 32.1. The molecular weight excluding hydrogens is 328 g/mol. The Morgan fingerprint density at radius 3 is 2.96 bits per heavy atom. The second-order valence-electron chi connectivity index (χ2n) is 5.74. The summed E-state index contributed by atoms with van der Waals surface area (Å²) in [6.07, 6.45) is 0.790. The van der Waals surface area contributed by atoms with E-state index in [0.29, 0.717) is 6.54 Å². The molecule has 118 valence electrons. The normalized spacial score (nSPS) is 18.0. The Kier molecular flexibility index (Phi) is 3.54. The molecule has 5 nitrogen and oxygen atoms in total. The Labute approximate surface area is 141 Å². The van der Waals surface area contributed by atoms with Crippen LogP contribution in [0.3, 0.4) is 0 Å². The second-order valence-corrected chi connectivity index (χ2v) is 7.54. The summed E-state index contributed by atoms with van der Waals surface area (Å²) >= 11 is 3.36. The van der Waals surface area contributed by atoms with Crippen molar-refractivity contribution >= 4 is 44.6 Å². The van der Waals surface area contributed by atoms with Gasteiger partial charge in [-0.3, -0.25) is 4.79 Å². The lowest BCUT2D eigenvalue weighted by Gasteiger charge is -2.19. The number of fused-ring (bicyclic) bond motifs is 1. The van der Waals surface area contributed by atoms with Gasteiger partial charge in [0.1, 0.15) is 16.5 Å². The fraction of sp³-hybridized carbons (Fsp3) is 0.312. The van der Waals surface area contributed by atoms with Crippen LogP contribution in [0.15, 0.2) is 22.9 Å². The molecule has 4 heterocycles. The van der Waals surface area contributed by atoms with Gasteiger partial charge in [0.2, 0.25) is 5.91 Å². The number of primary amides is 1. The van der Waals surface area contributed by atoms with Crippen LogP contribution < -0.4 is 10.6 Å². The molecule has 1 fully saturated rings. The monoisotopic (exact) mass is 344 g/mol. The van der Waals surface area contributed by atoms with Crippen LogP contribution in [-0.2, 0) is 4.79 Å². The molecule has 7 heteroatoms. The Hall–Kier alpha value is -1.99. The minimum absolute atomic E-state index is 0.0934. The van der Waals surface area contributed by atoms with Crippen molar-refractivity contribution in [3.63, 3.8) is 0 Å². The van der Waals surface area contributed by atoms with E-state index < -0.39 is 0 Å². The number of nitrogens with zero attached hydrogens (tertiary/aromatic N) is 3. The van der Waals surface area contributed by atoms with Crippen LogP contribution >= 0.6 is 22.7 Å². The first-order valence-electron chi connectivity index (χ1n) is 7.47. The third-order valence-corrected chi connectivity index (χ3v) is 5.98. The van der Waals surface area contributed by atoms with Gasteiger partial charge in [0.05, 0.1) is 11.3 Å². The van der Waals surface area contributed by atoms with Gasteiger partial charge in [-0.25, -0.2) is 9.97 Å². The molecule has 0 bridgehead atoms. The first-order chi connectivity index (χ1) is 11.1. The number of anilines is 1. The standard InChI is InChI=1S/C16H16N4OS2/c1-9-18-15(20-5-4-10(7-20)14(17)21)13-11(8-23-16(13)19-9)12-3-2-6-22-12/h2-3,6,8,10H,4-5,7H2,1H3,(H2,17,21)/t10-/m0/s1. The third kappa shape index (κ3) is 2.49. The fourth-order valence-electron chi connectivity index (χ4n) is 3.05. The largest absolute Gasteiger partial charge is 0.369 e. The molecule has 3 aromatic heterocycles. The molecule has 1 saturated heterocycles. The van der Waals surface area contributed by atoms with E-state index in [1.807, 2.05) is 6.92 Å². The molecule has 4 rings (SSSR count). The van der Waals surface area contributed by atoms with Gasteiger partial charge in [-0.1, -0.05) is 6.07 Å². The number of rotatable bonds is 3. The highest BCUT2D eigenvalue weighted by Crippen LogP contribution is 2.41. The molecular formula is C16H16N4OS2. The highest BCUT2D eigenvalue weighted by molar-refractivity contribution is 7.18. The zero-order chi connectivity index (χ0) is 16.0. The first kappa shape index (κ1) is 14.6. The topological polar surface area (TPSA) is 72.1 Å². The molecule has 0 unspecified atom stereocenters. The lowest BCUT2D eigenvalue weighted by molar-refractivity contribution is -0.121. The molecule has 1 aliphatic heterocycles. The van der Waals surface area contributed by atoms with Gasteiger partial charge < -0.3 is 10.6 Å². The Bertz CT molecular complexity index is 872. The SMILES string of the molecule is Cc1nc(N2CC[C@H](C(N)=O)C2)c2c(-c3cccs3)csc2n1. The smallest absolute Gasteiger partial charge is 0.222 e. The predicted octanol–water partition coefficient (Wildman–Crippen LogP) is 3.04. The number of amides is 1. The van der Waals surface area contributed by atoms with E-state index in [4.69, 9.17) is 10.7 Å². The van der Waals surface area contributed by atoms with E-state index in [9.17, 15) is 4.79 Å². The summed E-state index contributed by atoms with van der Waals surface area (Å²) in [6.45, 7) is 3.36. The molecule has 0 aliphatic carbocycles. The Morgan fingerprint density at radius 2 is 2.26 bits per heavy atom. The maximum Gasteiger partial charge on any atom is 0.222 e. The third-order valence-electron chi connectivity index (χ3n) is 4.20. The molecule has 2 N–H and O–H groups in total. The van der Waals surface area contributed by atoms with Gasteiger partial charge in [0.15, 0.2) is 0 Å². The van der Waals surface area contributed by atoms with Gasteiger partial charge in [0, 0.05) is 28.9 Å². The quantitative estimate of drug-likeness (QED) is 0.793. The van der Waals surface area contributed by atoms with Crippen molar-refractivity contribution in [3.05, 3.63) is 28.7 Å². The minimum Gasteiger partial charge on any atom is -0.369 e. The van der Waals surface area contributed by atoms with Gasteiger partial charge in [0.25, 0.3) is 0 Å². The van der Waals surface area contributed by atoms with Crippen molar-refractivity contribution < 1.29 is 4.79 Å². The van der Waals surface area contributed by atoms with Crippen LogP contribution in [0.4, 0.5) is 5.82 Å². The van der Waals surface area contributed by atoms with Crippen LogP contribution in [-0.4, -0.2) is 29.0 Å². The maximum absolute atomic E-state index is 11.5. The number of hydrogen-bond donors (Lipinski definition) is 1. The van der Waals surface area contributed by atoms with Crippen LogP contribution in [0.2, 0.25) is 0 Å². The van der Waals surface area contributed by atoms with Crippen molar-refractivity contribution in [2.45, 2.75) is 13.3 Å². The number of nitrogens with two attached hydrogens (primary N) is 1. The minimum atomic E-state index is -0.224. The lowest BCUT2D eigenvalue weighted by Crippen LogP contribution is -2.28. The summed E-state index contributed by atoms with van der Waals surface area (Å²) in [5, 5.41) is 5.32. The molecule has 0 spiro atoms. The number of thiophene rings is 2. The number of carbonyl (C=O) groups excluding carboxylic acids is 1. The molecule has 1 atom stereocenters. The van der Waals surface area contributed by atoms with Crippen LogP contribution in [0.5, 0.6) is 0 Å². The Morgan fingerprint density at radius 1 is 1.39 bits per heavy atom. The number of hydrogen-bond acceptors (Lipinski definition) is 6. The zero-order valence-electron chi connectivity index (χ0n) is 12.7. The van der Waals surface area contributed by atoms with E-state index in [2.05, 4.69) is 32.8 Å². The van der Waals surface area contributed by atoms with Gasteiger partial charge in [-0.2, -0.15) is 0 Å². The highest BCUT2D eigenvalue weighted by Gasteiger charge is 2.29. The van der Waals surface area contributed by atoms with Crippen molar-refractivity contribution in [2.75, 3.05) is 18.0 Å². The van der Waals surface area contributed by atoms with Gasteiger partial charge in [-0.15, -0.1) is 22.7 Å². The summed E-state index contributed by atoms with van der Waals surface area (Å²) < 4.78 is 0. The van der Waals surface area contributed by atoms with E-state index in [1.54, 1.807) is 22.7 Å². The Balaban J connectivity index is 1.85. The maximum atomic E-state index is 11.5. The van der Waals surface area contributed by atoms with E-state index >= 15 is 0 Å². The van der Waals surface area contributed by atoms with Crippen LogP contribution in [0.1, 0.15) is 12.2 Å². The second kappa shape index (κ2) is 5.58. The van der Waals surface area contributed by atoms with Gasteiger partial charge in [-0.05, 0) is 24.8 Å². The molecule has 1 aliphatic rings. The number of aromatic nitrogens is 2. The summed E-state index contributed by atoms with van der Waals surface area (Å²) in [5.41, 5.74) is 6.65. The van der Waals surface area contributed by atoms with Crippen LogP contribution in [0.25, 0.3) is 20.7 Å². The number of carbonyl (C=O) groups is 1. The van der Waals surface area contributed by atoms with Crippen molar-refractivity contribution in [1.29, 1.82) is 0 Å². The van der Waals surface area contributed by atoms with Crippen molar-refractivity contribution in [1.82, 2.24) is 9.97 Å². The van der Waals surface area contributed by atoms with E-state index in [0.717, 1.165) is 34.8 Å². The molecule has 1 amide bonds. The molecule has 3 aromatic rings. The predicted molar refractivity (Wildman–Crippen MR) is 95.0 cm³/mol. The van der Waals surface area contributed by atoms with Crippen molar-refractivity contribution in [3.8, 4) is 10.4 Å². The molecule has 0 aromatic carbocycles. The summed E-state index contributed by atoms with van der Waals surface area (Å²) in [7, 11) is 0. The molecule has 0 radical (unpaired) electrons. The summed E-state index contributed by atoms with van der Waals surface area (Å²) in [6, 6.07) is 4.17. The fourth-order valence-corrected chi connectivity index (χ4v) is 4.86. The van der Waals surface area contributed by atoms with E-state index in [1.165, 1.54) is 10.4 Å². The average molecular weight is 344 g/mol. The zero-order valence-corrected chi connectivity index (χ0v) is 14.3. The lowest BCUT2D eigenvalue weighted by atomic mass is 10.1. The molecule has 23 heavy (non-hydrogen) atoms. The molecule has 0 saturated carbocycles. The van der Waals surface area contributed by atoms with Crippen molar-refractivity contribution in [2.24, 2.45) is 11.7 Å². The summed E-state index contributed by atoms with van der Waals surface area (Å²) in [4.78, 5) is 25.2. The van der Waals surface area contributed by atoms with Gasteiger partial charge >= 0.3 is 0 Å². The first-order valence-corrected chi connectivity index (χ1v) is 9.23. The van der Waals surface area contributed by atoms with Crippen LogP contribution in [0, 0.1) is 12.8 Å². The summed E-state index contributed by atoms with van der Waals surface area (Å²) in [5.74, 6) is 1.37. The van der Waals surface area contributed by atoms with E-state index in [-0.39, 0.29) is 11.8 Å².